The number of esters is 1. The molecule has 1 aromatic carbocycles. The summed E-state index contributed by atoms with van der Waals surface area (Å²) in [6.45, 7) is 0. The second-order valence-corrected chi connectivity index (χ2v) is 2.76. The molecule has 0 fully saturated rings. The van der Waals surface area contributed by atoms with Crippen LogP contribution in [0.3, 0.4) is 0 Å². The number of carbonyl (C=O) groups excluding carboxylic acids is 1. The first kappa shape index (κ1) is 11.1. The van der Waals surface area contributed by atoms with Crippen molar-refractivity contribution in [1.29, 1.82) is 0 Å². The Hall–Kier alpha value is -2.02. The molecule has 0 amide bonds. The van der Waals surface area contributed by atoms with E-state index in [0.717, 1.165) is 0 Å². The standard InChI is InChI=1S/C11H10FNO2/c1-15-10(14)7-3-5-8-4-2-6-9(13)11(8)12/h2,4,6H,7,13H2,1H3. The van der Waals surface area contributed by atoms with Crippen LogP contribution in [0.15, 0.2) is 18.2 Å². The molecule has 0 bridgehead atoms. The predicted molar refractivity (Wildman–Crippen MR) is 54.3 cm³/mol. The van der Waals surface area contributed by atoms with Crippen LogP contribution >= 0.6 is 0 Å². The molecule has 0 heterocycles. The fraction of sp³-hybridized carbons (Fsp3) is 0.182. The van der Waals surface area contributed by atoms with E-state index in [1.165, 1.54) is 19.2 Å². The Morgan fingerprint density at radius 2 is 2.33 bits per heavy atom. The average molecular weight is 207 g/mol. The molecule has 0 aromatic heterocycles. The Bertz CT molecular complexity index is 432. The largest absolute Gasteiger partial charge is 0.468 e. The van der Waals surface area contributed by atoms with Crippen molar-refractivity contribution in [3.8, 4) is 11.8 Å². The van der Waals surface area contributed by atoms with Gasteiger partial charge in [0.1, 0.15) is 6.42 Å². The Labute approximate surface area is 87.0 Å². The molecule has 0 radical (unpaired) electrons. The van der Waals surface area contributed by atoms with E-state index in [4.69, 9.17) is 5.73 Å². The highest BCUT2D eigenvalue weighted by Gasteiger charge is 2.01. The molecule has 0 saturated carbocycles. The van der Waals surface area contributed by atoms with Crippen LogP contribution in [-0.4, -0.2) is 13.1 Å². The molecule has 0 aliphatic rings. The summed E-state index contributed by atoms with van der Waals surface area (Å²) in [5.74, 6) is 4.00. The summed E-state index contributed by atoms with van der Waals surface area (Å²) in [4.78, 5) is 10.7. The number of halogens is 1. The smallest absolute Gasteiger partial charge is 0.317 e. The van der Waals surface area contributed by atoms with Gasteiger partial charge in [0.05, 0.1) is 18.4 Å². The Kier molecular flexibility index (Phi) is 3.69. The summed E-state index contributed by atoms with van der Waals surface area (Å²) >= 11 is 0. The SMILES string of the molecule is COC(=O)CC#Cc1cccc(N)c1F. The van der Waals surface area contributed by atoms with Crippen LogP contribution in [0.25, 0.3) is 0 Å². The number of nitrogen functional groups attached to an aromatic ring is 1. The van der Waals surface area contributed by atoms with Crippen molar-refractivity contribution in [1.82, 2.24) is 0 Å². The van der Waals surface area contributed by atoms with Gasteiger partial charge in [-0.05, 0) is 12.1 Å². The van der Waals surface area contributed by atoms with Crippen LogP contribution in [0.4, 0.5) is 10.1 Å². The zero-order valence-corrected chi connectivity index (χ0v) is 8.21. The Balaban J connectivity index is 2.80. The van der Waals surface area contributed by atoms with E-state index in [9.17, 15) is 9.18 Å². The molecular formula is C11H10FNO2. The van der Waals surface area contributed by atoms with Crippen molar-refractivity contribution in [2.24, 2.45) is 0 Å². The van der Waals surface area contributed by atoms with Crippen molar-refractivity contribution >= 4 is 11.7 Å². The maximum Gasteiger partial charge on any atom is 0.317 e. The van der Waals surface area contributed by atoms with Gasteiger partial charge < -0.3 is 10.5 Å². The number of benzene rings is 1. The molecule has 0 aliphatic carbocycles. The van der Waals surface area contributed by atoms with Gasteiger partial charge in [0.15, 0.2) is 5.82 Å². The van der Waals surface area contributed by atoms with Gasteiger partial charge in [0, 0.05) is 0 Å². The monoisotopic (exact) mass is 207 g/mol. The summed E-state index contributed by atoms with van der Waals surface area (Å²) in [6, 6.07) is 4.54. The molecule has 15 heavy (non-hydrogen) atoms. The lowest BCUT2D eigenvalue weighted by Gasteiger charge is -1.97. The first-order valence-corrected chi connectivity index (χ1v) is 4.25. The lowest BCUT2D eigenvalue weighted by Crippen LogP contribution is -1.97. The summed E-state index contributed by atoms with van der Waals surface area (Å²) in [7, 11) is 1.27. The fourth-order valence-corrected chi connectivity index (χ4v) is 0.930. The molecular weight excluding hydrogens is 197 g/mol. The number of anilines is 1. The lowest BCUT2D eigenvalue weighted by molar-refractivity contribution is -0.139. The van der Waals surface area contributed by atoms with Gasteiger partial charge in [-0.1, -0.05) is 17.9 Å². The third-order valence-electron chi connectivity index (χ3n) is 1.71. The molecule has 0 spiro atoms. The normalized spacial score (nSPS) is 8.93. The highest BCUT2D eigenvalue weighted by molar-refractivity contribution is 5.72. The first-order chi connectivity index (χ1) is 7.15. The van der Waals surface area contributed by atoms with Crippen molar-refractivity contribution in [3.63, 3.8) is 0 Å². The van der Waals surface area contributed by atoms with Crippen molar-refractivity contribution in [2.45, 2.75) is 6.42 Å². The van der Waals surface area contributed by atoms with E-state index in [0.29, 0.717) is 0 Å². The van der Waals surface area contributed by atoms with Gasteiger partial charge in [-0.3, -0.25) is 4.79 Å². The molecule has 1 aromatic rings. The van der Waals surface area contributed by atoms with Crippen LogP contribution in [0.1, 0.15) is 12.0 Å². The number of rotatable bonds is 1. The second-order valence-electron chi connectivity index (χ2n) is 2.76. The van der Waals surface area contributed by atoms with Crippen LogP contribution in [0.2, 0.25) is 0 Å². The van der Waals surface area contributed by atoms with E-state index < -0.39 is 11.8 Å². The topological polar surface area (TPSA) is 52.3 Å². The molecule has 78 valence electrons. The molecule has 2 N–H and O–H groups in total. The molecule has 4 heteroatoms. The summed E-state index contributed by atoms with van der Waals surface area (Å²) in [5, 5.41) is 0. The second kappa shape index (κ2) is 5.01. The molecule has 3 nitrogen and oxygen atoms in total. The highest BCUT2D eigenvalue weighted by Crippen LogP contribution is 2.13. The van der Waals surface area contributed by atoms with E-state index in [-0.39, 0.29) is 17.7 Å². The van der Waals surface area contributed by atoms with Gasteiger partial charge >= 0.3 is 5.97 Å². The van der Waals surface area contributed by atoms with E-state index in [1.54, 1.807) is 6.07 Å². The van der Waals surface area contributed by atoms with Gasteiger partial charge in [0.2, 0.25) is 0 Å². The molecule has 0 unspecified atom stereocenters. The van der Waals surface area contributed by atoms with Gasteiger partial charge in [-0.2, -0.15) is 0 Å². The zero-order valence-electron chi connectivity index (χ0n) is 8.21. The molecule has 0 atom stereocenters. The fourth-order valence-electron chi connectivity index (χ4n) is 0.930. The van der Waals surface area contributed by atoms with E-state index in [1.807, 2.05) is 0 Å². The highest BCUT2D eigenvalue weighted by atomic mass is 19.1. The number of hydrogen-bond acceptors (Lipinski definition) is 3. The van der Waals surface area contributed by atoms with Crippen LogP contribution in [0.5, 0.6) is 0 Å². The van der Waals surface area contributed by atoms with Crippen LogP contribution in [-0.2, 0) is 9.53 Å². The summed E-state index contributed by atoms with van der Waals surface area (Å²) in [6.07, 6.45) is -0.0647. The minimum atomic E-state index is -0.560. The minimum Gasteiger partial charge on any atom is -0.468 e. The Morgan fingerprint density at radius 3 is 3.00 bits per heavy atom. The molecule has 0 saturated heterocycles. The number of methoxy groups -OCH3 is 1. The van der Waals surface area contributed by atoms with Crippen molar-refractivity contribution < 1.29 is 13.9 Å². The van der Waals surface area contributed by atoms with Gasteiger partial charge in [0.25, 0.3) is 0 Å². The number of hydrogen-bond donors (Lipinski definition) is 1. The van der Waals surface area contributed by atoms with Gasteiger partial charge in [-0.25, -0.2) is 4.39 Å². The zero-order chi connectivity index (χ0) is 11.3. The van der Waals surface area contributed by atoms with Gasteiger partial charge in [-0.15, -0.1) is 0 Å². The molecule has 0 aliphatic heterocycles. The van der Waals surface area contributed by atoms with Crippen molar-refractivity contribution in [3.05, 3.63) is 29.6 Å². The predicted octanol–water partition coefficient (Wildman–Crippen LogP) is 1.32. The average Bonchev–Trinajstić information content (AvgIpc) is 2.24. The number of nitrogens with two attached hydrogens (primary N) is 1. The summed E-state index contributed by atoms with van der Waals surface area (Å²) < 4.78 is 17.6. The maximum absolute atomic E-state index is 13.3. The van der Waals surface area contributed by atoms with Crippen LogP contribution in [0, 0.1) is 17.7 Å². The third kappa shape index (κ3) is 2.99. The van der Waals surface area contributed by atoms with E-state index in [2.05, 4.69) is 16.6 Å². The summed E-state index contributed by atoms with van der Waals surface area (Å²) in [5.41, 5.74) is 5.57. The number of ether oxygens (including phenoxy) is 1. The maximum atomic E-state index is 13.3. The Morgan fingerprint density at radius 1 is 1.60 bits per heavy atom. The minimum absolute atomic E-state index is 0.0415. The number of carbonyl (C=O) groups is 1. The quantitative estimate of drug-likeness (QED) is 0.429. The lowest BCUT2D eigenvalue weighted by atomic mass is 10.2. The van der Waals surface area contributed by atoms with E-state index >= 15 is 0 Å². The third-order valence-corrected chi connectivity index (χ3v) is 1.71. The first-order valence-electron chi connectivity index (χ1n) is 4.25. The van der Waals surface area contributed by atoms with Crippen molar-refractivity contribution in [2.75, 3.05) is 12.8 Å². The van der Waals surface area contributed by atoms with Crippen LogP contribution < -0.4 is 5.73 Å². The molecule has 1 rings (SSSR count).